The summed E-state index contributed by atoms with van der Waals surface area (Å²) < 4.78 is 0. The molecule has 0 saturated heterocycles. The van der Waals surface area contributed by atoms with E-state index >= 15 is 0 Å². The first-order chi connectivity index (χ1) is 11.5. The van der Waals surface area contributed by atoms with Gasteiger partial charge in [-0.25, -0.2) is 9.78 Å². The molecule has 2 rings (SSSR count). The molecule has 3 N–H and O–H groups in total. The van der Waals surface area contributed by atoms with Crippen molar-refractivity contribution in [2.45, 2.75) is 19.9 Å². The molecule has 124 valence electrons. The lowest BCUT2D eigenvalue weighted by atomic mass is 10.0. The van der Waals surface area contributed by atoms with Crippen molar-refractivity contribution < 1.29 is 14.7 Å². The van der Waals surface area contributed by atoms with Gasteiger partial charge >= 0.3 is 6.09 Å². The van der Waals surface area contributed by atoms with Crippen molar-refractivity contribution in [3.05, 3.63) is 41.0 Å². The van der Waals surface area contributed by atoms with Gasteiger partial charge in [-0.05, 0) is 24.0 Å². The van der Waals surface area contributed by atoms with Gasteiger partial charge in [-0.1, -0.05) is 30.2 Å². The van der Waals surface area contributed by atoms with Gasteiger partial charge in [0, 0.05) is 6.92 Å². The van der Waals surface area contributed by atoms with Gasteiger partial charge in [-0.3, -0.25) is 4.79 Å². The molecular formula is C17H17N3O3S. The maximum Gasteiger partial charge on any atom is 0.405 e. The highest BCUT2D eigenvalue weighted by Crippen LogP contribution is 2.28. The molecule has 0 saturated carbocycles. The molecule has 0 aliphatic rings. The molecule has 1 atom stereocenters. The van der Waals surface area contributed by atoms with E-state index in [2.05, 4.69) is 27.5 Å². The summed E-state index contributed by atoms with van der Waals surface area (Å²) in [5.41, 5.74) is 4.23. The van der Waals surface area contributed by atoms with Crippen molar-refractivity contribution in [3.63, 3.8) is 0 Å². The first kappa shape index (κ1) is 17.5. The lowest BCUT2D eigenvalue weighted by Crippen LogP contribution is -2.24. The van der Waals surface area contributed by atoms with Crippen molar-refractivity contribution in [2.24, 2.45) is 0 Å². The Balaban J connectivity index is 2.14. The molecule has 0 bridgehead atoms. The normalized spacial score (nSPS) is 11.1. The van der Waals surface area contributed by atoms with Crippen LogP contribution in [-0.4, -0.2) is 28.6 Å². The molecule has 24 heavy (non-hydrogen) atoms. The van der Waals surface area contributed by atoms with E-state index in [4.69, 9.17) is 5.11 Å². The predicted molar refractivity (Wildman–Crippen MR) is 92.7 cm³/mol. The molecule has 0 radical (unpaired) electrons. The number of carboxylic acid groups (broad SMARTS) is 1. The monoisotopic (exact) mass is 343 g/mol. The molecule has 0 spiro atoms. The fourth-order valence-corrected chi connectivity index (χ4v) is 2.78. The summed E-state index contributed by atoms with van der Waals surface area (Å²) in [4.78, 5) is 26.7. The van der Waals surface area contributed by atoms with Crippen molar-refractivity contribution in [1.29, 1.82) is 0 Å². The van der Waals surface area contributed by atoms with Gasteiger partial charge in [-0.2, -0.15) is 0 Å². The number of aromatic nitrogens is 1. The van der Waals surface area contributed by atoms with Crippen LogP contribution in [0.15, 0.2) is 29.8 Å². The second kappa shape index (κ2) is 8.13. The molecule has 0 aliphatic heterocycles. The van der Waals surface area contributed by atoms with E-state index in [-0.39, 0.29) is 18.5 Å². The molecule has 1 aromatic heterocycles. The highest BCUT2D eigenvalue weighted by atomic mass is 32.1. The van der Waals surface area contributed by atoms with Crippen molar-refractivity contribution >= 4 is 23.3 Å². The Bertz CT molecular complexity index is 787. The summed E-state index contributed by atoms with van der Waals surface area (Å²) in [6, 6.07) is 7.31. The van der Waals surface area contributed by atoms with Crippen LogP contribution in [0.4, 0.5) is 4.79 Å². The predicted octanol–water partition coefficient (Wildman–Crippen LogP) is 2.63. The van der Waals surface area contributed by atoms with E-state index in [9.17, 15) is 9.59 Å². The van der Waals surface area contributed by atoms with E-state index in [1.807, 2.05) is 24.3 Å². The third-order valence-electron chi connectivity index (χ3n) is 3.21. The lowest BCUT2D eigenvalue weighted by Gasteiger charge is -2.12. The van der Waals surface area contributed by atoms with Crippen LogP contribution in [0.1, 0.15) is 31.1 Å². The Morgan fingerprint density at radius 2 is 2.04 bits per heavy atom. The Morgan fingerprint density at radius 1 is 1.33 bits per heavy atom. The summed E-state index contributed by atoms with van der Waals surface area (Å²) in [5.74, 6) is 5.70. The zero-order valence-corrected chi connectivity index (χ0v) is 14.1. The number of amides is 2. The van der Waals surface area contributed by atoms with Crippen LogP contribution >= 0.6 is 11.3 Å². The number of rotatable bonds is 4. The quantitative estimate of drug-likeness (QED) is 0.744. The fraction of sp³-hybridized carbons (Fsp3) is 0.235. The van der Waals surface area contributed by atoms with E-state index in [1.165, 1.54) is 18.3 Å². The standard InChI is InChI=1S/C17H17N3O3S/c1-11(20-17(22)23)13-5-7-14(8-6-13)16-15(19-10-24-16)4-3-9-18-12(2)21/h5-8,10-11,20H,9H2,1-2H3,(H,18,21)(H,22,23)/t11-/m0/s1. The van der Waals surface area contributed by atoms with Gasteiger partial charge in [0.15, 0.2) is 0 Å². The number of carbonyl (C=O) groups is 2. The number of benzene rings is 1. The van der Waals surface area contributed by atoms with Crippen molar-refractivity contribution in [1.82, 2.24) is 15.6 Å². The van der Waals surface area contributed by atoms with E-state index < -0.39 is 6.09 Å². The number of nitrogens with zero attached hydrogens (tertiary/aromatic N) is 1. The number of nitrogens with one attached hydrogen (secondary N) is 2. The molecule has 1 heterocycles. The van der Waals surface area contributed by atoms with Gasteiger partial charge in [0.1, 0.15) is 5.69 Å². The zero-order chi connectivity index (χ0) is 17.5. The van der Waals surface area contributed by atoms with Gasteiger partial charge in [0.2, 0.25) is 5.91 Å². The second-order valence-corrected chi connectivity index (χ2v) is 5.89. The fourth-order valence-electron chi connectivity index (χ4n) is 2.03. The minimum Gasteiger partial charge on any atom is -0.465 e. The minimum atomic E-state index is -1.05. The van der Waals surface area contributed by atoms with Crippen LogP contribution in [0.3, 0.4) is 0 Å². The molecule has 6 nitrogen and oxygen atoms in total. The summed E-state index contributed by atoms with van der Waals surface area (Å²) in [6.07, 6.45) is -1.05. The Labute approximate surface area is 143 Å². The van der Waals surface area contributed by atoms with Crippen LogP contribution in [0.5, 0.6) is 0 Å². The molecular weight excluding hydrogens is 326 g/mol. The van der Waals surface area contributed by atoms with Crippen LogP contribution < -0.4 is 10.6 Å². The second-order valence-electron chi connectivity index (χ2n) is 5.03. The van der Waals surface area contributed by atoms with Crippen LogP contribution in [-0.2, 0) is 4.79 Å². The van der Waals surface area contributed by atoms with Crippen LogP contribution in [0, 0.1) is 11.8 Å². The summed E-state index contributed by atoms with van der Waals surface area (Å²) in [6.45, 7) is 3.51. The third kappa shape index (κ3) is 4.83. The highest BCUT2D eigenvalue weighted by molar-refractivity contribution is 7.13. The van der Waals surface area contributed by atoms with Crippen molar-refractivity contribution in [3.8, 4) is 22.3 Å². The topological polar surface area (TPSA) is 91.3 Å². The average molecular weight is 343 g/mol. The number of hydrogen-bond acceptors (Lipinski definition) is 4. The molecule has 7 heteroatoms. The third-order valence-corrected chi connectivity index (χ3v) is 4.09. The van der Waals surface area contributed by atoms with Gasteiger partial charge < -0.3 is 15.7 Å². The van der Waals surface area contributed by atoms with Gasteiger partial charge in [0.25, 0.3) is 0 Å². The number of carbonyl (C=O) groups excluding carboxylic acids is 1. The Hall–Kier alpha value is -2.85. The molecule has 2 aromatic rings. The molecule has 0 fully saturated rings. The smallest absolute Gasteiger partial charge is 0.405 e. The molecule has 0 unspecified atom stereocenters. The molecule has 1 aromatic carbocycles. The maximum atomic E-state index is 10.8. The first-order valence-electron chi connectivity index (χ1n) is 7.24. The molecule has 2 amide bonds. The number of thiazole rings is 1. The first-order valence-corrected chi connectivity index (χ1v) is 8.12. The Kier molecular flexibility index (Phi) is 5.93. The van der Waals surface area contributed by atoms with E-state index in [1.54, 1.807) is 12.4 Å². The SMILES string of the molecule is CC(=O)NCC#Cc1ncsc1-c1ccc([C@H](C)NC(=O)O)cc1. The molecule has 0 aliphatic carbocycles. The summed E-state index contributed by atoms with van der Waals surface area (Å²) in [5, 5.41) is 13.8. The van der Waals surface area contributed by atoms with Crippen LogP contribution in [0.25, 0.3) is 10.4 Å². The number of hydrogen-bond donors (Lipinski definition) is 3. The largest absolute Gasteiger partial charge is 0.465 e. The minimum absolute atomic E-state index is 0.123. The van der Waals surface area contributed by atoms with Gasteiger partial charge in [0.05, 0.1) is 23.0 Å². The average Bonchev–Trinajstić information content (AvgIpc) is 2.99. The zero-order valence-electron chi connectivity index (χ0n) is 13.3. The summed E-state index contributed by atoms with van der Waals surface area (Å²) in [7, 11) is 0. The van der Waals surface area contributed by atoms with Gasteiger partial charge in [-0.15, -0.1) is 11.3 Å². The van der Waals surface area contributed by atoms with E-state index in [0.29, 0.717) is 5.69 Å². The lowest BCUT2D eigenvalue weighted by molar-refractivity contribution is -0.118. The Morgan fingerprint density at radius 3 is 2.67 bits per heavy atom. The maximum absolute atomic E-state index is 10.8. The van der Waals surface area contributed by atoms with Crippen LogP contribution in [0.2, 0.25) is 0 Å². The van der Waals surface area contributed by atoms with Crippen molar-refractivity contribution in [2.75, 3.05) is 6.54 Å². The summed E-state index contributed by atoms with van der Waals surface area (Å²) >= 11 is 1.48. The van der Waals surface area contributed by atoms with E-state index in [0.717, 1.165) is 16.0 Å². The highest BCUT2D eigenvalue weighted by Gasteiger charge is 2.10.